The lowest BCUT2D eigenvalue weighted by Gasteiger charge is -2.03. The van der Waals surface area contributed by atoms with E-state index in [1.807, 2.05) is 36.5 Å². The zero-order valence-corrected chi connectivity index (χ0v) is 11.9. The van der Waals surface area contributed by atoms with E-state index in [1.165, 1.54) is 5.56 Å². The number of aromatic nitrogens is 3. The molecule has 0 aliphatic heterocycles. The van der Waals surface area contributed by atoms with Gasteiger partial charge in [-0.1, -0.05) is 30.0 Å². The first kappa shape index (κ1) is 13.1. The minimum absolute atomic E-state index is 0.856. The molecule has 0 spiro atoms. The van der Waals surface area contributed by atoms with Gasteiger partial charge in [0, 0.05) is 31.2 Å². The summed E-state index contributed by atoms with van der Waals surface area (Å²) in [5, 5.41) is 4.38. The van der Waals surface area contributed by atoms with Gasteiger partial charge in [-0.25, -0.2) is 4.98 Å². The van der Waals surface area contributed by atoms with Gasteiger partial charge in [-0.2, -0.15) is 0 Å². The van der Waals surface area contributed by atoms with Crippen molar-refractivity contribution >= 4 is 22.8 Å². The molecule has 3 rings (SSSR count). The maximum atomic E-state index is 4.54. The predicted octanol–water partition coefficient (Wildman–Crippen LogP) is 2.84. The third-order valence-electron chi connectivity index (χ3n) is 2.94. The van der Waals surface area contributed by atoms with Gasteiger partial charge in [0.15, 0.2) is 5.16 Å². The van der Waals surface area contributed by atoms with Crippen molar-refractivity contribution in [2.24, 2.45) is 0 Å². The molecule has 20 heavy (non-hydrogen) atoms. The number of para-hydroxylation sites is 2. The Morgan fingerprint density at radius 1 is 1.15 bits per heavy atom. The maximum Gasteiger partial charge on any atom is 0.166 e. The Morgan fingerprint density at radius 2 is 2.10 bits per heavy atom. The van der Waals surface area contributed by atoms with Gasteiger partial charge in [0.1, 0.15) is 0 Å². The Labute approximate surface area is 122 Å². The number of nitrogens with zero attached hydrogens (tertiary/aromatic N) is 2. The van der Waals surface area contributed by atoms with E-state index in [4.69, 9.17) is 0 Å². The van der Waals surface area contributed by atoms with Crippen LogP contribution in [-0.2, 0) is 6.54 Å². The smallest absolute Gasteiger partial charge is 0.166 e. The third kappa shape index (κ3) is 3.37. The molecule has 0 aliphatic carbocycles. The number of hydrogen-bond acceptors (Lipinski definition) is 4. The van der Waals surface area contributed by atoms with Crippen LogP contribution >= 0.6 is 11.8 Å². The third-order valence-corrected chi connectivity index (χ3v) is 3.81. The molecule has 0 saturated heterocycles. The summed E-state index contributed by atoms with van der Waals surface area (Å²) < 4.78 is 0. The highest BCUT2D eigenvalue weighted by atomic mass is 32.2. The molecular formula is C15H16N4S. The number of benzene rings is 1. The van der Waals surface area contributed by atoms with Crippen LogP contribution in [0.5, 0.6) is 0 Å². The summed E-state index contributed by atoms with van der Waals surface area (Å²) in [5.41, 5.74) is 3.33. The Bertz CT molecular complexity index is 633. The van der Waals surface area contributed by atoms with Crippen LogP contribution in [0.15, 0.2) is 53.9 Å². The van der Waals surface area contributed by atoms with Crippen LogP contribution in [0.4, 0.5) is 0 Å². The van der Waals surface area contributed by atoms with Crippen LogP contribution in [0.3, 0.4) is 0 Å². The highest BCUT2D eigenvalue weighted by molar-refractivity contribution is 7.99. The number of hydrogen-bond donors (Lipinski definition) is 2. The van der Waals surface area contributed by atoms with E-state index in [0.29, 0.717) is 0 Å². The molecule has 2 aromatic heterocycles. The van der Waals surface area contributed by atoms with Crippen LogP contribution in [0.2, 0.25) is 0 Å². The largest absolute Gasteiger partial charge is 0.333 e. The number of fused-ring (bicyclic) bond motifs is 1. The lowest BCUT2D eigenvalue weighted by atomic mass is 10.3. The fourth-order valence-electron chi connectivity index (χ4n) is 1.95. The van der Waals surface area contributed by atoms with Crippen LogP contribution in [0.25, 0.3) is 11.0 Å². The van der Waals surface area contributed by atoms with Crippen molar-refractivity contribution in [3.8, 4) is 0 Å². The zero-order chi connectivity index (χ0) is 13.6. The van der Waals surface area contributed by atoms with Crippen LogP contribution in [0, 0.1) is 0 Å². The zero-order valence-electron chi connectivity index (χ0n) is 11.0. The molecule has 0 fully saturated rings. The molecule has 2 N–H and O–H groups in total. The van der Waals surface area contributed by atoms with Gasteiger partial charge >= 0.3 is 0 Å². The van der Waals surface area contributed by atoms with E-state index in [0.717, 1.165) is 35.0 Å². The van der Waals surface area contributed by atoms with E-state index >= 15 is 0 Å². The van der Waals surface area contributed by atoms with Gasteiger partial charge in [-0.05, 0) is 23.8 Å². The minimum atomic E-state index is 0.856. The number of thioether (sulfide) groups is 1. The molecule has 0 unspecified atom stereocenters. The second-order valence-corrected chi connectivity index (χ2v) is 5.53. The topological polar surface area (TPSA) is 53.6 Å². The lowest BCUT2D eigenvalue weighted by molar-refractivity contribution is 0.729. The molecule has 5 heteroatoms. The molecule has 1 aromatic carbocycles. The first-order valence-corrected chi connectivity index (χ1v) is 7.57. The van der Waals surface area contributed by atoms with Crippen LogP contribution in [-0.4, -0.2) is 27.2 Å². The molecule has 0 saturated carbocycles. The Morgan fingerprint density at radius 3 is 2.95 bits per heavy atom. The number of pyridine rings is 1. The number of imidazole rings is 1. The van der Waals surface area contributed by atoms with Gasteiger partial charge in [-0.3, -0.25) is 4.98 Å². The van der Waals surface area contributed by atoms with E-state index < -0.39 is 0 Å². The van der Waals surface area contributed by atoms with E-state index in [2.05, 4.69) is 26.3 Å². The normalized spacial score (nSPS) is 11.0. The number of rotatable bonds is 6. The fraction of sp³-hybridized carbons (Fsp3) is 0.200. The molecule has 4 nitrogen and oxygen atoms in total. The molecule has 0 radical (unpaired) electrons. The molecule has 0 atom stereocenters. The first-order valence-electron chi connectivity index (χ1n) is 6.59. The minimum Gasteiger partial charge on any atom is -0.333 e. The molecule has 102 valence electrons. The summed E-state index contributed by atoms with van der Waals surface area (Å²) >= 11 is 1.74. The van der Waals surface area contributed by atoms with E-state index in [-0.39, 0.29) is 0 Å². The Balaban J connectivity index is 1.43. The fourth-order valence-corrected chi connectivity index (χ4v) is 2.74. The molecule has 2 heterocycles. The summed E-state index contributed by atoms with van der Waals surface area (Å²) in [6.07, 6.45) is 3.68. The average Bonchev–Trinajstić information content (AvgIpc) is 2.90. The maximum absolute atomic E-state index is 4.54. The first-order chi connectivity index (χ1) is 9.92. The molecule has 0 bridgehead atoms. The second-order valence-electron chi connectivity index (χ2n) is 4.45. The summed E-state index contributed by atoms with van der Waals surface area (Å²) in [7, 11) is 0. The van der Waals surface area contributed by atoms with E-state index in [1.54, 1.807) is 18.0 Å². The van der Waals surface area contributed by atoms with E-state index in [9.17, 15) is 0 Å². The van der Waals surface area contributed by atoms with Gasteiger partial charge in [0.2, 0.25) is 0 Å². The highest BCUT2D eigenvalue weighted by Crippen LogP contribution is 2.18. The van der Waals surface area contributed by atoms with Crippen molar-refractivity contribution in [1.82, 2.24) is 20.3 Å². The van der Waals surface area contributed by atoms with Crippen molar-refractivity contribution in [3.05, 3.63) is 54.4 Å². The van der Waals surface area contributed by atoms with Crippen LogP contribution < -0.4 is 5.32 Å². The average molecular weight is 284 g/mol. The summed E-state index contributed by atoms with van der Waals surface area (Å²) in [6, 6.07) is 12.1. The van der Waals surface area contributed by atoms with Crippen LogP contribution in [0.1, 0.15) is 5.56 Å². The predicted molar refractivity (Wildman–Crippen MR) is 82.8 cm³/mol. The molecule has 0 aliphatic rings. The number of H-pyrrole nitrogens is 1. The Hall–Kier alpha value is -1.85. The molecule has 0 amide bonds. The van der Waals surface area contributed by atoms with Crippen molar-refractivity contribution in [2.75, 3.05) is 12.3 Å². The number of aromatic amines is 1. The summed E-state index contributed by atoms with van der Waals surface area (Å²) in [6.45, 7) is 1.80. The summed E-state index contributed by atoms with van der Waals surface area (Å²) in [5.74, 6) is 0.986. The van der Waals surface area contributed by atoms with Gasteiger partial charge in [0.25, 0.3) is 0 Å². The van der Waals surface area contributed by atoms with Gasteiger partial charge in [0.05, 0.1) is 11.0 Å². The quantitative estimate of drug-likeness (QED) is 0.540. The molecule has 3 aromatic rings. The SMILES string of the molecule is c1cncc(CNCCSc2nc3ccccc3[nH]2)c1. The van der Waals surface area contributed by atoms with Crippen molar-refractivity contribution in [2.45, 2.75) is 11.7 Å². The summed E-state index contributed by atoms with van der Waals surface area (Å²) in [4.78, 5) is 12.0. The van der Waals surface area contributed by atoms with Gasteiger partial charge in [-0.15, -0.1) is 0 Å². The standard InChI is InChI=1S/C15H16N4S/c1-2-6-14-13(5-1)18-15(19-14)20-9-8-17-11-12-4-3-7-16-10-12/h1-7,10,17H,8-9,11H2,(H,18,19). The van der Waals surface area contributed by atoms with Crippen molar-refractivity contribution in [1.29, 1.82) is 0 Å². The molecular weight excluding hydrogens is 268 g/mol. The lowest BCUT2D eigenvalue weighted by Crippen LogP contribution is -2.16. The van der Waals surface area contributed by atoms with Crippen molar-refractivity contribution in [3.63, 3.8) is 0 Å². The Kier molecular flexibility index (Phi) is 4.30. The number of nitrogens with one attached hydrogen (secondary N) is 2. The van der Waals surface area contributed by atoms with Gasteiger partial charge < -0.3 is 10.3 Å². The van der Waals surface area contributed by atoms with Crippen molar-refractivity contribution < 1.29 is 0 Å². The monoisotopic (exact) mass is 284 g/mol. The highest BCUT2D eigenvalue weighted by Gasteiger charge is 2.01. The second kappa shape index (κ2) is 6.54.